The van der Waals surface area contributed by atoms with E-state index in [0.29, 0.717) is 0 Å². The van der Waals surface area contributed by atoms with Crippen molar-refractivity contribution in [2.45, 2.75) is 32.4 Å². The van der Waals surface area contributed by atoms with Crippen molar-refractivity contribution in [3.63, 3.8) is 0 Å². The van der Waals surface area contributed by atoms with E-state index < -0.39 is 0 Å². The fourth-order valence-corrected chi connectivity index (χ4v) is 1.99. The Hall–Kier alpha value is -0.860. The van der Waals surface area contributed by atoms with Gasteiger partial charge in [0.05, 0.1) is 6.10 Å². The highest BCUT2D eigenvalue weighted by Crippen LogP contribution is 2.30. The molecular weight excluding hydrogens is 174 g/mol. The van der Waals surface area contributed by atoms with Crippen LogP contribution in [-0.4, -0.2) is 12.6 Å². The van der Waals surface area contributed by atoms with Gasteiger partial charge in [0.25, 0.3) is 0 Å². The van der Waals surface area contributed by atoms with Crippen molar-refractivity contribution in [2.75, 3.05) is 6.61 Å². The molecule has 0 aliphatic carbocycles. The molecule has 1 heterocycles. The summed E-state index contributed by atoms with van der Waals surface area (Å²) in [5, 5.41) is 0. The number of ether oxygens (including phenoxy) is 1. The van der Waals surface area contributed by atoms with Crippen LogP contribution in [0.2, 0.25) is 0 Å². The van der Waals surface area contributed by atoms with Crippen molar-refractivity contribution in [1.82, 2.24) is 0 Å². The SMILES string of the molecule is Cc1ccc(C)c(C2OCCC2N)c1. The minimum Gasteiger partial charge on any atom is -0.372 e. The van der Waals surface area contributed by atoms with Gasteiger partial charge in [-0.3, -0.25) is 0 Å². The maximum atomic E-state index is 6.00. The first-order valence-corrected chi connectivity index (χ1v) is 5.13. The van der Waals surface area contributed by atoms with E-state index in [1.165, 1.54) is 16.7 Å². The van der Waals surface area contributed by atoms with E-state index in [1.54, 1.807) is 0 Å². The Labute approximate surface area is 85.1 Å². The fourth-order valence-electron chi connectivity index (χ4n) is 1.99. The predicted molar refractivity (Wildman–Crippen MR) is 57.2 cm³/mol. The van der Waals surface area contributed by atoms with Crippen LogP contribution < -0.4 is 5.73 Å². The third-order valence-electron chi connectivity index (χ3n) is 2.88. The van der Waals surface area contributed by atoms with Crippen molar-refractivity contribution >= 4 is 0 Å². The van der Waals surface area contributed by atoms with Gasteiger partial charge in [0, 0.05) is 12.6 Å². The fraction of sp³-hybridized carbons (Fsp3) is 0.500. The van der Waals surface area contributed by atoms with Gasteiger partial charge in [-0.1, -0.05) is 23.8 Å². The molecule has 0 saturated carbocycles. The zero-order valence-electron chi connectivity index (χ0n) is 8.79. The molecule has 76 valence electrons. The number of benzene rings is 1. The minimum absolute atomic E-state index is 0.106. The van der Waals surface area contributed by atoms with E-state index in [-0.39, 0.29) is 12.1 Å². The summed E-state index contributed by atoms with van der Waals surface area (Å²) in [6.45, 7) is 5.01. The van der Waals surface area contributed by atoms with Crippen molar-refractivity contribution in [2.24, 2.45) is 5.73 Å². The standard InChI is InChI=1S/C12H17NO/c1-8-3-4-9(2)10(7-8)12-11(13)5-6-14-12/h3-4,7,11-12H,5-6,13H2,1-2H3. The highest BCUT2D eigenvalue weighted by Gasteiger charge is 2.27. The molecule has 1 fully saturated rings. The van der Waals surface area contributed by atoms with E-state index in [9.17, 15) is 0 Å². The van der Waals surface area contributed by atoms with Gasteiger partial charge in [-0.05, 0) is 31.4 Å². The van der Waals surface area contributed by atoms with Crippen molar-refractivity contribution in [3.8, 4) is 0 Å². The van der Waals surface area contributed by atoms with Crippen LogP contribution in [0.1, 0.15) is 29.2 Å². The van der Waals surface area contributed by atoms with Crippen LogP contribution in [0.25, 0.3) is 0 Å². The summed E-state index contributed by atoms with van der Waals surface area (Å²) in [5.41, 5.74) is 9.81. The molecule has 0 amide bonds. The molecule has 1 aliphatic heterocycles. The zero-order valence-corrected chi connectivity index (χ0v) is 8.79. The molecule has 1 aromatic carbocycles. The van der Waals surface area contributed by atoms with Crippen LogP contribution in [0, 0.1) is 13.8 Å². The van der Waals surface area contributed by atoms with Gasteiger partial charge in [0.2, 0.25) is 0 Å². The first kappa shape index (κ1) is 9.69. The van der Waals surface area contributed by atoms with Crippen molar-refractivity contribution < 1.29 is 4.74 Å². The molecule has 2 nitrogen and oxygen atoms in total. The first-order valence-electron chi connectivity index (χ1n) is 5.13. The lowest BCUT2D eigenvalue weighted by atomic mass is 9.97. The van der Waals surface area contributed by atoms with Crippen molar-refractivity contribution in [1.29, 1.82) is 0 Å². The molecule has 14 heavy (non-hydrogen) atoms. The normalized spacial score (nSPS) is 26.8. The number of hydrogen-bond acceptors (Lipinski definition) is 2. The Morgan fingerprint density at radius 1 is 1.36 bits per heavy atom. The van der Waals surface area contributed by atoms with Crippen LogP contribution in [-0.2, 0) is 4.74 Å². The van der Waals surface area contributed by atoms with Gasteiger partial charge in [-0.15, -0.1) is 0 Å². The summed E-state index contributed by atoms with van der Waals surface area (Å²) in [5.74, 6) is 0. The van der Waals surface area contributed by atoms with Gasteiger partial charge in [-0.2, -0.15) is 0 Å². The van der Waals surface area contributed by atoms with Crippen LogP contribution in [0.5, 0.6) is 0 Å². The Morgan fingerprint density at radius 3 is 2.79 bits per heavy atom. The highest BCUT2D eigenvalue weighted by molar-refractivity contribution is 5.33. The maximum absolute atomic E-state index is 6.00. The minimum atomic E-state index is 0.106. The van der Waals surface area contributed by atoms with Crippen LogP contribution in [0.15, 0.2) is 18.2 Å². The average molecular weight is 191 g/mol. The summed E-state index contributed by atoms with van der Waals surface area (Å²) in [7, 11) is 0. The van der Waals surface area contributed by atoms with E-state index >= 15 is 0 Å². The van der Waals surface area contributed by atoms with E-state index in [1.807, 2.05) is 0 Å². The quantitative estimate of drug-likeness (QED) is 0.737. The molecule has 2 atom stereocenters. The van der Waals surface area contributed by atoms with E-state index in [4.69, 9.17) is 10.5 Å². The molecule has 1 aromatic rings. The lowest BCUT2D eigenvalue weighted by Crippen LogP contribution is -2.24. The van der Waals surface area contributed by atoms with Crippen LogP contribution >= 0.6 is 0 Å². The summed E-state index contributed by atoms with van der Waals surface area (Å²) >= 11 is 0. The smallest absolute Gasteiger partial charge is 0.0979 e. The summed E-state index contributed by atoms with van der Waals surface area (Å²) < 4.78 is 5.66. The van der Waals surface area contributed by atoms with Gasteiger partial charge < -0.3 is 10.5 Å². The Balaban J connectivity index is 2.34. The lowest BCUT2D eigenvalue weighted by Gasteiger charge is -2.17. The summed E-state index contributed by atoms with van der Waals surface area (Å²) in [6.07, 6.45) is 1.08. The largest absolute Gasteiger partial charge is 0.372 e. The second-order valence-electron chi connectivity index (χ2n) is 4.10. The third-order valence-corrected chi connectivity index (χ3v) is 2.88. The molecule has 2 N–H and O–H groups in total. The number of hydrogen-bond donors (Lipinski definition) is 1. The molecule has 0 aromatic heterocycles. The molecule has 2 unspecified atom stereocenters. The second kappa shape index (κ2) is 3.71. The zero-order chi connectivity index (χ0) is 10.1. The summed E-state index contributed by atoms with van der Waals surface area (Å²) in [4.78, 5) is 0. The number of aryl methyl sites for hydroxylation is 2. The molecule has 0 bridgehead atoms. The van der Waals surface area contributed by atoms with E-state index in [0.717, 1.165) is 13.0 Å². The summed E-state index contributed by atoms with van der Waals surface area (Å²) in [6, 6.07) is 6.61. The van der Waals surface area contributed by atoms with Crippen LogP contribution in [0.3, 0.4) is 0 Å². The second-order valence-corrected chi connectivity index (χ2v) is 4.10. The van der Waals surface area contributed by atoms with E-state index in [2.05, 4.69) is 32.0 Å². The maximum Gasteiger partial charge on any atom is 0.0979 e. The third kappa shape index (κ3) is 1.68. The molecule has 1 aliphatic rings. The van der Waals surface area contributed by atoms with Crippen molar-refractivity contribution in [3.05, 3.63) is 34.9 Å². The molecule has 2 heteroatoms. The molecule has 1 saturated heterocycles. The number of nitrogens with two attached hydrogens (primary N) is 1. The Bertz CT molecular complexity index is 335. The monoisotopic (exact) mass is 191 g/mol. The van der Waals surface area contributed by atoms with Crippen LogP contribution in [0.4, 0.5) is 0 Å². The molecule has 0 radical (unpaired) electrons. The molecule has 0 spiro atoms. The lowest BCUT2D eigenvalue weighted by molar-refractivity contribution is 0.104. The number of rotatable bonds is 1. The first-order chi connectivity index (χ1) is 6.68. The predicted octanol–water partition coefficient (Wildman–Crippen LogP) is 2.09. The Morgan fingerprint density at radius 2 is 2.14 bits per heavy atom. The highest BCUT2D eigenvalue weighted by atomic mass is 16.5. The Kier molecular flexibility index (Phi) is 2.57. The average Bonchev–Trinajstić information content (AvgIpc) is 2.56. The topological polar surface area (TPSA) is 35.2 Å². The molecule has 2 rings (SSSR count). The molecular formula is C12H17NO. The van der Waals surface area contributed by atoms with Gasteiger partial charge >= 0.3 is 0 Å². The van der Waals surface area contributed by atoms with Gasteiger partial charge in [-0.25, -0.2) is 0 Å². The van der Waals surface area contributed by atoms with Gasteiger partial charge in [0.1, 0.15) is 0 Å². The van der Waals surface area contributed by atoms with Gasteiger partial charge in [0.15, 0.2) is 0 Å².